The van der Waals surface area contributed by atoms with Crippen LogP contribution in [0.5, 0.6) is 0 Å². The maximum absolute atomic E-state index is 5.01. The number of hydrogen-bond donors (Lipinski definition) is 0. The van der Waals surface area contributed by atoms with Crippen LogP contribution in [-0.4, -0.2) is 6.61 Å². The van der Waals surface area contributed by atoms with Crippen molar-refractivity contribution < 1.29 is 9.15 Å². The Hall–Kier alpha value is -1.18. The van der Waals surface area contributed by atoms with Crippen LogP contribution in [-0.2, 0) is 4.74 Å². The van der Waals surface area contributed by atoms with Crippen LogP contribution in [0.25, 0.3) is 6.08 Å². The summed E-state index contributed by atoms with van der Waals surface area (Å²) in [6.45, 7) is 2.63. The topological polar surface area (TPSA) is 22.4 Å². The molecular formula is C8H10O2. The Morgan fingerprint density at radius 3 is 3.20 bits per heavy atom. The maximum atomic E-state index is 5.01. The van der Waals surface area contributed by atoms with Gasteiger partial charge in [0.05, 0.1) is 19.1 Å². The van der Waals surface area contributed by atoms with Crippen molar-refractivity contribution in [1.29, 1.82) is 0 Å². The van der Waals surface area contributed by atoms with Crippen molar-refractivity contribution in [2.75, 3.05) is 6.61 Å². The lowest BCUT2D eigenvalue weighted by atomic mass is 10.4. The Morgan fingerprint density at radius 1 is 1.70 bits per heavy atom. The fourth-order valence-electron chi connectivity index (χ4n) is 0.597. The van der Waals surface area contributed by atoms with Gasteiger partial charge >= 0.3 is 0 Å². The molecule has 0 aromatic carbocycles. The van der Waals surface area contributed by atoms with Crippen molar-refractivity contribution in [2.45, 2.75) is 6.92 Å². The first-order chi connectivity index (χ1) is 4.93. The minimum atomic E-state index is 0.692. The van der Waals surface area contributed by atoms with Crippen molar-refractivity contribution in [3.05, 3.63) is 30.4 Å². The molecule has 1 aromatic rings. The standard InChI is InChI=1S/C8H10O2/c1-2-9-7-5-8-4-3-6-10-8/h3-7H,2H2,1H3. The molecule has 10 heavy (non-hydrogen) atoms. The van der Waals surface area contributed by atoms with Crippen molar-refractivity contribution in [2.24, 2.45) is 0 Å². The predicted octanol–water partition coefficient (Wildman–Crippen LogP) is 2.29. The van der Waals surface area contributed by atoms with E-state index < -0.39 is 0 Å². The molecule has 1 rings (SSSR count). The van der Waals surface area contributed by atoms with Crippen LogP contribution in [0.2, 0.25) is 0 Å². The first kappa shape index (κ1) is 6.93. The Bertz CT molecular complexity index is 187. The van der Waals surface area contributed by atoms with Gasteiger partial charge in [-0.2, -0.15) is 0 Å². The van der Waals surface area contributed by atoms with E-state index in [-0.39, 0.29) is 0 Å². The summed E-state index contributed by atoms with van der Waals surface area (Å²) in [5.41, 5.74) is 0. The smallest absolute Gasteiger partial charge is 0.129 e. The molecule has 0 radical (unpaired) electrons. The third kappa shape index (κ3) is 1.97. The summed E-state index contributed by atoms with van der Waals surface area (Å²) in [5, 5.41) is 0. The minimum absolute atomic E-state index is 0.692. The Balaban J connectivity index is 2.40. The molecule has 54 valence electrons. The van der Waals surface area contributed by atoms with Crippen LogP contribution < -0.4 is 0 Å². The van der Waals surface area contributed by atoms with E-state index in [2.05, 4.69) is 0 Å². The van der Waals surface area contributed by atoms with Crippen LogP contribution in [0.1, 0.15) is 12.7 Å². The van der Waals surface area contributed by atoms with E-state index >= 15 is 0 Å². The molecule has 0 aliphatic carbocycles. The third-order valence-corrected chi connectivity index (χ3v) is 1.04. The summed E-state index contributed by atoms with van der Waals surface area (Å²) >= 11 is 0. The van der Waals surface area contributed by atoms with Gasteiger partial charge in [-0.3, -0.25) is 0 Å². The molecule has 0 spiro atoms. The monoisotopic (exact) mass is 138 g/mol. The quantitative estimate of drug-likeness (QED) is 0.598. The summed E-state index contributed by atoms with van der Waals surface area (Å²) in [5.74, 6) is 0.813. The Kier molecular flexibility index (Phi) is 2.62. The molecule has 0 aliphatic heterocycles. The average molecular weight is 138 g/mol. The molecule has 1 heterocycles. The molecule has 2 nitrogen and oxygen atoms in total. The molecule has 0 aliphatic rings. The summed E-state index contributed by atoms with van der Waals surface area (Å²) in [7, 11) is 0. The minimum Gasteiger partial charge on any atom is -0.501 e. The molecule has 0 saturated carbocycles. The van der Waals surface area contributed by atoms with E-state index in [0.717, 1.165) is 5.76 Å². The number of hydrogen-bond acceptors (Lipinski definition) is 2. The molecule has 0 unspecified atom stereocenters. The largest absolute Gasteiger partial charge is 0.501 e. The van der Waals surface area contributed by atoms with E-state index in [1.54, 1.807) is 18.6 Å². The molecule has 0 bridgehead atoms. The Morgan fingerprint density at radius 2 is 2.60 bits per heavy atom. The number of ether oxygens (including phenoxy) is 1. The van der Waals surface area contributed by atoms with Gasteiger partial charge in [0, 0.05) is 6.08 Å². The van der Waals surface area contributed by atoms with Crippen LogP contribution >= 0.6 is 0 Å². The van der Waals surface area contributed by atoms with Gasteiger partial charge in [0.1, 0.15) is 5.76 Å². The second kappa shape index (κ2) is 3.77. The van der Waals surface area contributed by atoms with Gasteiger partial charge in [0.15, 0.2) is 0 Å². The molecule has 0 N–H and O–H groups in total. The summed E-state index contributed by atoms with van der Waals surface area (Å²) in [6, 6.07) is 3.71. The van der Waals surface area contributed by atoms with Crippen LogP contribution in [0, 0.1) is 0 Å². The van der Waals surface area contributed by atoms with Gasteiger partial charge in [-0.05, 0) is 19.1 Å². The summed E-state index contributed by atoms with van der Waals surface area (Å²) in [6.07, 6.45) is 5.04. The van der Waals surface area contributed by atoms with Gasteiger partial charge in [0.25, 0.3) is 0 Å². The van der Waals surface area contributed by atoms with Gasteiger partial charge in [-0.1, -0.05) is 0 Å². The Labute approximate surface area is 60.1 Å². The highest BCUT2D eigenvalue weighted by atomic mass is 16.5. The van der Waals surface area contributed by atoms with Gasteiger partial charge in [-0.15, -0.1) is 0 Å². The van der Waals surface area contributed by atoms with Crippen molar-refractivity contribution >= 4 is 6.08 Å². The summed E-state index contributed by atoms with van der Waals surface area (Å²) < 4.78 is 9.98. The lowest BCUT2D eigenvalue weighted by molar-refractivity contribution is 0.271. The molecule has 2 heteroatoms. The van der Waals surface area contributed by atoms with Crippen LogP contribution in [0.4, 0.5) is 0 Å². The van der Waals surface area contributed by atoms with E-state index in [4.69, 9.17) is 9.15 Å². The van der Waals surface area contributed by atoms with E-state index in [9.17, 15) is 0 Å². The molecule has 0 fully saturated rings. The summed E-state index contributed by atoms with van der Waals surface area (Å²) in [4.78, 5) is 0. The lowest BCUT2D eigenvalue weighted by Gasteiger charge is -1.89. The molecule has 0 atom stereocenters. The van der Waals surface area contributed by atoms with Gasteiger partial charge < -0.3 is 9.15 Å². The van der Waals surface area contributed by atoms with Crippen molar-refractivity contribution in [1.82, 2.24) is 0 Å². The van der Waals surface area contributed by atoms with E-state index in [0.29, 0.717) is 6.61 Å². The SMILES string of the molecule is CCOC=Cc1ccco1. The average Bonchev–Trinajstić information content (AvgIpc) is 2.41. The zero-order valence-electron chi connectivity index (χ0n) is 5.91. The first-order valence-corrected chi connectivity index (χ1v) is 3.25. The second-order valence-corrected chi connectivity index (χ2v) is 1.77. The molecule has 0 saturated heterocycles. The first-order valence-electron chi connectivity index (χ1n) is 3.25. The lowest BCUT2D eigenvalue weighted by Crippen LogP contribution is -1.75. The number of rotatable bonds is 3. The van der Waals surface area contributed by atoms with Crippen LogP contribution in [0.15, 0.2) is 29.1 Å². The maximum Gasteiger partial charge on any atom is 0.129 e. The predicted molar refractivity (Wildman–Crippen MR) is 39.4 cm³/mol. The zero-order chi connectivity index (χ0) is 7.23. The highest BCUT2D eigenvalue weighted by molar-refractivity contribution is 5.40. The normalized spacial score (nSPS) is 10.5. The molecule has 1 aromatic heterocycles. The van der Waals surface area contributed by atoms with Crippen molar-refractivity contribution in [3.8, 4) is 0 Å². The van der Waals surface area contributed by atoms with Gasteiger partial charge in [0.2, 0.25) is 0 Å². The van der Waals surface area contributed by atoms with Crippen molar-refractivity contribution in [3.63, 3.8) is 0 Å². The highest BCUT2D eigenvalue weighted by Gasteiger charge is 1.84. The molecular weight excluding hydrogens is 128 g/mol. The van der Waals surface area contributed by atoms with E-state index in [1.165, 1.54) is 0 Å². The van der Waals surface area contributed by atoms with Crippen LogP contribution in [0.3, 0.4) is 0 Å². The van der Waals surface area contributed by atoms with E-state index in [1.807, 2.05) is 19.1 Å². The number of furan rings is 1. The second-order valence-electron chi connectivity index (χ2n) is 1.77. The zero-order valence-corrected chi connectivity index (χ0v) is 5.91. The fraction of sp³-hybridized carbons (Fsp3) is 0.250. The highest BCUT2D eigenvalue weighted by Crippen LogP contribution is 2.01. The third-order valence-electron chi connectivity index (χ3n) is 1.04. The molecule has 0 amide bonds. The fourth-order valence-corrected chi connectivity index (χ4v) is 0.597. The van der Waals surface area contributed by atoms with Gasteiger partial charge in [-0.25, -0.2) is 0 Å².